The minimum absolute atomic E-state index is 0.0414. The summed E-state index contributed by atoms with van der Waals surface area (Å²) in [6.45, 7) is 0. The molecule has 0 bridgehead atoms. The summed E-state index contributed by atoms with van der Waals surface area (Å²) in [7, 11) is 0. The first-order valence-corrected chi connectivity index (χ1v) is 9.04. The van der Waals surface area contributed by atoms with Gasteiger partial charge in [-0.25, -0.2) is 9.67 Å². The third kappa shape index (κ3) is 3.04. The van der Waals surface area contributed by atoms with Gasteiger partial charge in [0.15, 0.2) is 5.82 Å². The van der Waals surface area contributed by atoms with Crippen LogP contribution in [0.4, 0.5) is 5.69 Å². The fourth-order valence-electron chi connectivity index (χ4n) is 3.30. The molecule has 2 heterocycles. The maximum atomic E-state index is 11.0. The molecule has 0 atom stereocenters. The van der Waals surface area contributed by atoms with Gasteiger partial charge in [-0.15, -0.1) is 0 Å². The summed E-state index contributed by atoms with van der Waals surface area (Å²) in [5.41, 5.74) is 5.13. The molecule has 0 aliphatic heterocycles. The molecule has 5 aromatic rings. The second kappa shape index (κ2) is 6.72. The quantitative estimate of drug-likeness (QED) is 0.351. The van der Waals surface area contributed by atoms with E-state index < -0.39 is 4.92 Å². The van der Waals surface area contributed by atoms with Crippen LogP contribution < -0.4 is 0 Å². The molecule has 1 N–H and O–H groups in total. The lowest BCUT2D eigenvalue weighted by Gasteiger charge is -2.07. The van der Waals surface area contributed by atoms with Crippen molar-refractivity contribution >= 4 is 16.7 Å². The number of H-pyrrole nitrogens is 1. The summed E-state index contributed by atoms with van der Waals surface area (Å²) in [6.07, 6.45) is 0. The summed E-state index contributed by atoms with van der Waals surface area (Å²) in [4.78, 5) is 18.5. The summed E-state index contributed by atoms with van der Waals surface area (Å²) in [6, 6.07) is 26.0. The van der Waals surface area contributed by atoms with Crippen molar-refractivity contribution in [3.63, 3.8) is 0 Å². The van der Waals surface area contributed by atoms with Crippen molar-refractivity contribution in [3.8, 4) is 28.5 Å². The summed E-state index contributed by atoms with van der Waals surface area (Å²) < 4.78 is 1.78. The highest BCUT2D eigenvalue weighted by Crippen LogP contribution is 2.29. The molecule has 0 fully saturated rings. The maximum absolute atomic E-state index is 11.0. The van der Waals surface area contributed by atoms with Crippen LogP contribution in [0.25, 0.3) is 39.5 Å². The van der Waals surface area contributed by atoms with Crippen molar-refractivity contribution in [3.05, 3.63) is 95.0 Å². The Morgan fingerprint density at radius 1 is 0.897 bits per heavy atom. The van der Waals surface area contributed by atoms with E-state index >= 15 is 0 Å². The number of aromatic nitrogens is 4. The monoisotopic (exact) mass is 381 g/mol. The van der Waals surface area contributed by atoms with Crippen LogP contribution in [0.5, 0.6) is 0 Å². The number of nitrogens with zero attached hydrogens (tertiary/aromatic N) is 4. The number of nitro groups is 1. The summed E-state index contributed by atoms with van der Waals surface area (Å²) >= 11 is 0. The zero-order valence-corrected chi connectivity index (χ0v) is 15.2. The zero-order chi connectivity index (χ0) is 19.8. The van der Waals surface area contributed by atoms with E-state index in [0.29, 0.717) is 11.5 Å². The molecule has 0 spiro atoms. The van der Waals surface area contributed by atoms with Crippen LogP contribution in [0.2, 0.25) is 0 Å². The molecule has 0 amide bonds. The number of imidazole rings is 1. The van der Waals surface area contributed by atoms with E-state index in [0.717, 1.165) is 28.0 Å². The molecule has 140 valence electrons. The van der Waals surface area contributed by atoms with Gasteiger partial charge in [-0.05, 0) is 30.3 Å². The van der Waals surface area contributed by atoms with Crippen molar-refractivity contribution in [1.29, 1.82) is 0 Å². The van der Waals surface area contributed by atoms with E-state index in [4.69, 9.17) is 5.10 Å². The van der Waals surface area contributed by atoms with E-state index in [1.165, 1.54) is 12.1 Å². The van der Waals surface area contributed by atoms with Gasteiger partial charge in [-0.3, -0.25) is 10.1 Å². The Morgan fingerprint density at radius 2 is 1.62 bits per heavy atom. The average Bonchev–Trinajstić information content (AvgIpc) is 3.39. The molecular weight excluding hydrogens is 366 g/mol. The van der Waals surface area contributed by atoms with Gasteiger partial charge in [-0.1, -0.05) is 42.5 Å². The number of benzene rings is 3. The molecule has 0 saturated heterocycles. The highest BCUT2D eigenvalue weighted by molar-refractivity contribution is 5.79. The van der Waals surface area contributed by atoms with Crippen LogP contribution in [0.1, 0.15) is 0 Å². The second-order valence-corrected chi connectivity index (χ2v) is 6.57. The smallest absolute Gasteiger partial charge is 0.269 e. The van der Waals surface area contributed by atoms with Crippen molar-refractivity contribution < 1.29 is 4.92 Å². The second-order valence-electron chi connectivity index (χ2n) is 6.57. The zero-order valence-electron chi connectivity index (χ0n) is 15.2. The van der Waals surface area contributed by atoms with Gasteiger partial charge in [0, 0.05) is 17.7 Å². The molecule has 2 aromatic heterocycles. The predicted molar refractivity (Wildman–Crippen MR) is 111 cm³/mol. The molecular formula is C22H15N5O2. The van der Waals surface area contributed by atoms with Crippen LogP contribution in [0, 0.1) is 10.1 Å². The van der Waals surface area contributed by atoms with Crippen LogP contribution >= 0.6 is 0 Å². The van der Waals surface area contributed by atoms with Crippen LogP contribution in [0.15, 0.2) is 84.9 Å². The van der Waals surface area contributed by atoms with Gasteiger partial charge in [0.2, 0.25) is 0 Å². The van der Waals surface area contributed by atoms with Crippen LogP contribution in [0.3, 0.4) is 0 Å². The maximum Gasteiger partial charge on any atom is 0.269 e. The number of non-ortho nitro benzene ring substituents is 1. The van der Waals surface area contributed by atoms with Crippen LogP contribution in [-0.4, -0.2) is 24.7 Å². The number of para-hydroxylation sites is 2. The number of rotatable bonds is 4. The minimum Gasteiger partial charge on any atom is -0.337 e. The van der Waals surface area contributed by atoms with Gasteiger partial charge in [0.1, 0.15) is 5.69 Å². The molecule has 29 heavy (non-hydrogen) atoms. The third-order valence-electron chi connectivity index (χ3n) is 4.72. The Labute approximate surface area is 165 Å². The van der Waals surface area contributed by atoms with Crippen LogP contribution in [-0.2, 0) is 0 Å². The molecule has 0 radical (unpaired) electrons. The fourth-order valence-corrected chi connectivity index (χ4v) is 3.30. The Kier molecular flexibility index (Phi) is 3.91. The Hall–Kier alpha value is -4.26. The topological polar surface area (TPSA) is 89.6 Å². The van der Waals surface area contributed by atoms with Crippen molar-refractivity contribution in [2.24, 2.45) is 0 Å². The lowest BCUT2D eigenvalue weighted by Crippen LogP contribution is -1.99. The van der Waals surface area contributed by atoms with E-state index in [1.54, 1.807) is 16.8 Å². The van der Waals surface area contributed by atoms with Crippen molar-refractivity contribution in [2.75, 3.05) is 0 Å². The van der Waals surface area contributed by atoms with E-state index in [2.05, 4.69) is 9.97 Å². The van der Waals surface area contributed by atoms with E-state index in [9.17, 15) is 10.1 Å². The third-order valence-corrected chi connectivity index (χ3v) is 4.72. The van der Waals surface area contributed by atoms with Gasteiger partial charge in [-0.2, -0.15) is 5.10 Å². The number of nitro benzene ring substituents is 1. The minimum atomic E-state index is -0.412. The normalized spacial score (nSPS) is 11.0. The molecule has 0 saturated carbocycles. The standard InChI is InChI=1S/C22H15N5O2/c28-27(29)17-12-10-16(11-13-17)26-21(15-6-2-1-3-7-15)14-20(25-26)22-23-18-8-4-5-9-19(18)24-22/h1-14H,(H,23,24). The average molecular weight is 381 g/mol. The molecule has 3 aromatic carbocycles. The van der Waals surface area contributed by atoms with Crippen molar-refractivity contribution in [2.45, 2.75) is 0 Å². The molecule has 7 heteroatoms. The van der Waals surface area contributed by atoms with E-state index in [1.807, 2.05) is 60.7 Å². The number of fused-ring (bicyclic) bond motifs is 1. The number of aromatic amines is 1. The Bertz CT molecular complexity index is 1290. The lowest BCUT2D eigenvalue weighted by atomic mass is 10.1. The van der Waals surface area contributed by atoms with Gasteiger partial charge in [0.25, 0.3) is 5.69 Å². The first-order valence-electron chi connectivity index (χ1n) is 9.04. The molecule has 7 nitrogen and oxygen atoms in total. The summed E-state index contributed by atoms with van der Waals surface area (Å²) in [5.74, 6) is 0.670. The molecule has 5 rings (SSSR count). The molecule has 0 aliphatic rings. The van der Waals surface area contributed by atoms with Gasteiger partial charge < -0.3 is 4.98 Å². The summed E-state index contributed by atoms with van der Waals surface area (Å²) in [5, 5.41) is 15.7. The van der Waals surface area contributed by atoms with E-state index in [-0.39, 0.29) is 5.69 Å². The number of nitrogens with one attached hydrogen (secondary N) is 1. The molecule has 0 unspecified atom stereocenters. The molecule has 0 aliphatic carbocycles. The lowest BCUT2D eigenvalue weighted by molar-refractivity contribution is -0.384. The predicted octanol–water partition coefficient (Wildman–Crippen LogP) is 4.99. The highest BCUT2D eigenvalue weighted by atomic mass is 16.6. The number of hydrogen-bond donors (Lipinski definition) is 1. The number of hydrogen-bond acceptors (Lipinski definition) is 4. The van der Waals surface area contributed by atoms with Gasteiger partial charge in [0.05, 0.1) is 27.3 Å². The largest absolute Gasteiger partial charge is 0.337 e. The highest BCUT2D eigenvalue weighted by Gasteiger charge is 2.16. The Balaban J connectivity index is 1.67. The Morgan fingerprint density at radius 3 is 2.34 bits per heavy atom. The van der Waals surface area contributed by atoms with Gasteiger partial charge >= 0.3 is 0 Å². The fraction of sp³-hybridized carbons (Fsp3) is 0. The first kappa shape index (κ1) is 16.9. The van der Waals surface area contributed by atoms with Crippen molar-refractivity contribution in [1.82, 2.24) is 19.7 Å². The first-order chi connectivity index (χ1) is 14.2. The SMILES string of the molecule is O=[N+]([O-])c1ccc(-n2nc(-c3nc4ccccc4[nH]3)cc2-c2ccccc2)cc1.